The Balaban J connectivity index is 1.35. The summed E-state index contributed by atoms with van der Waals surface area (Å²) in [7, 11) is 0. The topological polar surface area (TPSA) is 81.1 Å². The van der Waals surface area contributed by atoms with Crippen molar-refractivity contribution in [3.8, 4) is 11.5 Å². The van der Waals surface area contributed by atoms with E-state index in [9.17, 15) is 19.8 Å². The van der Waals surface area contributed by atoms with Crippen LogP contribution in [0.25, 0.3) is 22.9 Å². The molecule has 6 nitrogen and oxygen atoms in total. The van der Waals surface area contributed by atoms with Gasteiger partial charge in [0.25, 0.3) is 11.8 Å². The van der Waals surface area contributed by atoms with E-state index in [0.29, 0.717) is 46.7 Å². The van der Waals surface area contributed by atoms with Gasteiger partial charge in [-0.1, -0.05) is 43.3 Å². The Morgan fingerprint density at radius 3 is 2.19 bits per heavy atom. The highest BCUT2D eigenvalue weighted by Gasteiger charge is 2.37. The highest BCUT2D eigenvalue weighted by atomic mass is 35.5. The molecule has 42 heavy (non-hydrogen) atoms. The summed E-state index contributed by atoms with van der Waals surface area (Å²) in [6.07, 6.45) is 4.71. The summed E-state index contributed by atoms with van der Waals surface area (Å²) in [4.78, 5) is 31.4. The predicted octanol–water partition coefficient (Wildman–Crippen LogP) is 6.27. The molecule has 0 saturated carbocycles. The first kappa shape index (κ1) is 28.6. The Kier molecular flexibility index (Phi) is 7.68. The van der Waals surface area contributed by atoms with E-state index < -0.39 is 0 Å². The van der Waals surface area contributed by atoms with Gasteiger partial charge in [-0.25, -0.2) is 0 Å². The molecule has 0 aliphatic carbocycles. The Morgan fingerprint density at radius 2 is 1.52 bits per heavy atom. The van der Waals surface area contributed by atoms with Crippen molar-refractivity contribution in [1.82, 2.24) is 0 Å². The first-order valence-electron chi connectivity index (χ1n) is 13.9. The largest absolute Gasteiger partial charge is 0.507 e. The third-order valence-electron chi connectivity index (χ3n) is 8.27. The van der Waals surface area contributed by atoms with Gasteiger partial charge in [-0.05, 0) is 41.1 Å². The van der Waals surface area contributed by atoms with Crippen molar-refractivity contribution >= 4 is 80.7 Å². The third-order valence-corrected chi connectivity index (χ3v) is 9.93. The number of halogens is 2. The Morgan fingerprint density at radius 1 is 0.905 bits per heavy atom. The molecule has 3 aromatic carbocycles. The Hall–Kier alpha value is -3.52. The zero-order valence-corrected chi connectivity index (χ0v) is 25.6. The number of phenols is 2. The molecule has 6 rings (SSSR count). The number of anilines is 2. The van der Waals surface area contributed by atoms with Crippen LogP contribution < -0.4 is 20.2 Å². The van der Waals surface area contributed by atoms with Crippen LogP contribution in [0.3, 0.4) is 0 Å². The summed E-state index contributed by atoms with van der Waals surface area (Å²) >= 11 is 14.0. The molecular weight excluding hydrogens is 591 g/mol. The number of carbonyl (C=O) groups excluding carboxylic acids is 2. The van der Waals surface area contributed by atoms with Crippen molar-refractivity contribution in [2.45, 2.75) is 32.1 Å². The number of fused-ring (bicyclic) bond motifs is 4. The van der Waals surface area contributed by atoms with Gasteiger partial charge in [0, 0.05) is 64.8 Å². The lowest BCUT2D eigenvalue weighted by Crippen LogP contribution is -2.31. The second kappa shape index (κ2) is 11.3. The number of amides is 2. The van der Waals surface area contributed by atoms with Crippen molar-refractivity contribution in [3.05, 3.63) is 79.8 Å². The number of aromatic hydroxyl groups is 2. The molecule has 2 aliphatic heterocycles. The van der Waals surface area contributed by atoms with Crippen LogP contribution in [0.5, 0.6) is 11.5 Å². The van der Waals surface area contributed by atoms with E-state index in [1.165, 1.54) is 11.3 Å². The number of alkyl halides is 2. The lowest BCUT2D eigenvalue weighted by Gasteiger charge is -2.18. The summed E-state index contributed by atoms with van der Waals surface area (Å²) in [6, 6.07) is 12.5. The van der Waals surface area contributed by atoms with Crippen LogP contribution >= 0.6 is 34.5 Å². The number of hydrogen-bond acceptors (Lipinski definition) is 5. The monoisotopic (exact) mass is 620 g/mol. The molecule has 4 aromatic rings. The number of hydrogen-bond donors (Lipinski definition) is 2. The lowest BCUT2D eigenvalue weighted by atomic mass is 9.95. The van der Waals surface area contributed by atoms with E-state index in [4.69, 9.17) is 23.2 Å². The second-order valence-corrected chi connectivity index (χ2v) is 12.2. The fourth-order valence-electron chi connectivity index (χ4n) is 6.41. The van der Waals surface area contributed by atoms with E-state index in [-0.39, 0.29) is 35.1 Å². The Labute approximate surface area is 257 Å². The number of benzene rings is 3. The molecule has 2 atom stereocenters. The van der Waals surface area contributed by atoms with Crippen molar-refractivity contribution in [2.75, 3.05) is 34.6 Å². The number of carbonyl (C=O) groups is 2. The summed E-state index contributed by atoms with van der Waals surface area (Å²) < 4.78 is 0. The SMILES string of the molecule is CC=c1c(O)cc2c(c1=CCC)C(CCl)CN2C(=O)c1csc(C(=O)N2CC(CCl)c3c2cc(O)c2ccccc32)c1. The van der Waals surface area contributed by atoms with Gasteiger partial charge in [-0.3, -0.25) is 9.59 Å². The summed E-state index contributed by atoms with van der Waals surface area (Å²) in [6.45, 7) is 4.68. The first-order chi connectivity index (χ1) is 20.3. The molecule has 9 heteroatoms. The normalized spacial score (nSPS) is 18.7. The Bertz CT molecular complexity index is 1870. The van der Waals surface area contributed by atoms with Gasteiger partial charge in [0.15, 0.2) is 0 Å². The van der Waals surface area contributed by atoms with Crippen LogP contribution in [-0.2, 0) is 0 Å². The maximum Gasteiger partial charge on any atom is 0.268 e. The molecule has 2 unspecified atom stereocenters. The van der Waals surface area contributed by atoms with Crippen LogP contribution in [0.2, 0.25) is 0 Å². The van der Waals surface area contributed by atoms with Crippen molar-refractivity contribution in [1.29, 1.82) is 0 Å². The van der Waals surface area contributed by atoms with Crippen LogP contribution in [-0.4, -0.2) is 46.9 Å². The minimum Gasteiger partial charge on any atom is -0.507 e. The predicted molar refractivity (Wildman–Crippen MR) is 172 cm³/mol. The smallest absolute Gasteiger partial charge is 0.268 e. The third kappa shape index (κ3) is 4.46. The molecule has 0 spiro atoms. The maximum absolute atomic E-state index is 13.9. The van der Waals surface area contributed by atoms with Crippen LogP contribution in [0, 0.1) is 0 Å². The number of phenolic OH excluding ortho intramolecular Hbond substituents is 2. The van der Waals surface area contributed by atoms with E-state index in [1.807, 2.05) is 44.2 Å². The van der Waals surface area contributed by atoms with Gasteiger partial charge in [-0.15, -0.1) is 34.5 Å². The molecule has 216 valence electrons. The lowest BCUT2D eigenvalue weighted by molar-refractivity contribution is 0.0987. The molecule has 3 heterocycles. The van der Waals surface area contributed by atoms with E-state index >= 15 is 0 Å². The summed E-state index contributed by atoms with van der Waals surface area (Å²) in [5, 5.41) is 26.5. The van der Waals surface area contributed by atoms with Gasteiger partial charge in [0.2, 0.25) is 0 Å². The van der Waals surface area contributed by atoms with Crippen molar-refractivity contribution in [3.63, 3.8) is 0 Å². The first-order valence-corrected chi connectivity index (χ1v) is 15.9. The average Bonchev–Trinajstić information content (AvgIpc) is 3.72. The average molecular weight is 622 g/mol. The molecule has 0 saturated heterocycles. The van der Waals surface area contributed by atoms with Crippen LogP contribution in [0.15, 0.2) is 47.8 Å². The fraction of sp³-hybridized carbons (Fsp3) is 0.273. The number of thiophene rings is 1. The van der Waals surface area contributed by atoms with Gasteiger partial charge in [0.1, 0.15) is 11.5 Å². The number of nitrogens with zero attached hydrogens (tertiary/aromatic N) is 2. The van der Waals surface area contributed by atoms with Gasteiger partial charge < -0.3 is 20.0 Å². The second-order valence-electron chi connectivity index (χ2n) is 10.7. The van der Waals surface area contributed by atoms with Crippen molar-refractivity contribution < 1.29 is 19.8 Å². The highest BCUT2D eigenvalue weighted by molar-refractivity contribution is 7.12. The quantitative estimate of drug-likeness (QED) is 0.258. The van der Waals surface area contributed by atoms with E-state index in [1.54, 1.807) is 33.4 Å². The molecule has 0 radical (unpaired) electrons. The minimum atomic E-state index is -0.252. The molecule has 0 bridgehead atoms. The van der Waals surface area contributed by atoms with E-state index in [2.05, 4.69) is 6.08 Å². The van der Waals surface area contributed by atoms with Crippen LogP contribution in [0.4, 0.5) is 11.4 Å². The zero-order valence-electron chi connectivity index (χ0n) is 23.2. The van der Waals surface area contributed by atoms with Gasteiger partial charge in [0.05, 0.1) is 21.8 Å². The molecule has 1 aromatic heterocycles. The molecule has 2 aliphatic rings. The maximum atomic E-state index is 13.9. The minimum absolute atomic E-state index is 0.0847. The molecule has 0 fully saturated rings. The van der Waals surface area contributed by atoms with Crippen LogP contribution in [0.1, 0.15) is 63.3 Å². The highest BCUT2D eigenvalue weighted by Crippen LogP contribution is 2.46. The van der Waals surface area contributed by atoms with Crippen molar-refractivity contribution in [2.24, 2.45) is 0 Å². The molecule has 2 N–H and O–H groups in total. The van der Waals surface area contributed by atoms with E-state index in [0.717, 1.165) is 38.8 Å². The fourth-order valence-corrected chi connectivity index (χ4v) is 7.74. The summed E-state index contributed by atoms with van der Waals surface area (Å²) in [5.41, 5.74) is 3.59. The van der Waals surface area contributed by atoms with Gasteiger partial charge in [-0.2, -0.15) is 0 Å². The molecular formula is C33H30Cl2N2O4S. The molecule has 2 amide bonds. The zero-order chi connectivity index (χ0) is 29.7. The van der Waals surface area contributed by atoms with Gasteiger partial charge >= 0.3 is 0 Å². The number of rotatable bonds is 5. The standard InChI is InChI=1S/C33H30Cl2N2O4S/c1-3-7-23-21(4-2)27(38)11-25-30(23)19(13-34)15-36(25)32(40)18-10-29(42-17-18)33(41)37-16-20(14-35)31-24-9-6-5-8-22(24)28(39)12-26(31)37/h4-12,17,19-20,38-39H,3,13-16H2,1-2H3. The summed E-state index contributed by atoms with van der Waals surface area (Å²) in [5.74, 6) is 0.214.